The lowest BCUT2D eigenvalue weighted by molar-refractivity contribution is -0.0574. The summed E-state index contributed by atoms with van der Waals surface area (Å²) in [5.74, 6) is 0.572. The van der Waals surface area contributed by atoms with Gasteiger partial charge in [-0.1, -0.05) is 13.8 Å². The molecular formula is C13H27NO2. The van der Waals surface area contributed by atoms with Crippen molar-refractivity contribution in [1.82, 2.24) is 5.32 Å². The van der Waals surface area contributed by atoms with E-state index in [0.29, 0.717) is 18.6 Å². The van der Waals surface area contributed by atoms with Gasteiger partial charge >= 0.3 is 0 Å². The quantitative estimate of drug-likeness (QED) is 0.731. The van der Waals surface area contributed by atoms with Crippen LogP contribution in [-0.4, -0.2) is 35.5 Å². The molecule has 0 saturated heterocycles. The number of ether oxygens (including phenoxy) is 1. The molecule has 0 aromatic carbocycles. The molecular weight excluding hydrogens is 202 g/mol. The zero-order chi connectivity index (χ0) is 12.4. The molecule has 2 N–H and O–H groups in total. The molecule has 1 rings (SSSR count). The van der Waals surface area contributed by atoms with E-state index >= 15 is 0 Å². The molecule has 0 amide bonds. The predicted octanol–water partition coefficient (Wildman–Crippen LogP) is 1.94. The molecule has 0 aromatic heterocycles. The first-order valence-corrected chi connectivity index (χ1v) is 6.31. The van der Waals surface area contributed by atoms with Crippen LogP contribution in [0.3, 0.4) is 0 Å². The van der Waals surface area contributed by atoms with Crippen molar-refractivity contribution >= 4 is 0 Å². The maximum absolute atomic E-state index is 9.69. The Bertz CT molecular complexity index is 218. The molecule has 16 heavy (non-hydrogen) atoms. The Morgan fingerprint density at radius 3 is 2.19 bits per heavy atom. The van der Waals surface area contributed by atoms with Crippen molar-refractivity contribution in [3.05, 3.63) is 0 Å². The largest absolute Gasteiger partial charge is 0.394 e. The van der Waals surface area contributed by atoms with Crippen LogP contribution in [0.25, 0.3) is 0 Å². The zero-order valence-corrected chi connectivity index (χ0v) is 11.3. The number of hydrogen-bond acceptors (Lipinski definition) is 3. The maximum atomic E-state index is 9.69. The van der Waals surface area contributed by atoms with Crippen molar-refractivity contribution in [2.75, 3.05) is 13.2 Å². The fourth-order valence-corrected chi connectivity index (χ4v) is 2.05. The second kappa shape index (κ2) is 5.03. The SMILES string of the molecule is CC(C)NC(CO)(COC(C)(C)C)C1CC1. The van der Waals surface area contributed by atoms with Crippen LogP contribution < -0.4 is 5.32 Å². The summed E-state index contributed by atoms with van der Waals surface area (Å²) < 4.78 is 5.87. The molecule has 0 bridgehead atoms. The van der Waals surface area contributed by atoms with E-state index in [1.807, 2.05) is 0 Å². The van der Waals surface area contributed by atoms with Gasteiger partial charge in [-0.2, -0.15) is 0 Å². The van der Waals surface area contributed by atoms with Crippen molar-refractivity contribution < 1.29 is 9.84 Å². The predicted molar refractivity (Wildman–Crippen MR) is 66.5 cm³/mol. The highest BCUT2D eigenvalue weighted by atomic mass is 16.5. The Labute approximate surface area is 99.6 Å². The summed E-state index contributed by atoms with van der Waals surface area (Å²) in [6.45, 7) is 11.1. The highest BCUT2D eigenvalue weighted by Crippen LogP contribution is 2.40. The lowest BCUT2D eigenvalue weighted by Crippen LogP contribution is -2.57. The van der Waals surface area contributed by atoms with E-state index in [9.17, 15) is 5.11 Å². The molecule has 1 atom stereocenters. The maximum Gasteiger partial charge on any atom is 0.0681 e. The summed E-state index contributed by atoms with van der Waals surface area (Å²) >= 11 is 0. The number of rotatable bonds is 6. The summed E-state index contributed by atoms with van der Waals surface area (Å²) in [6, 6.07) is 0.372. The van der Waals surface area contributed by atoms with E-state index in [1.54, 1.807) is 0 Å². The number of nitrogens with one attached hydrogen (secondary N) is 1. The highest BCUT2D eigenvalue weighted by molar-refractivity contribution is 5.02. The molecule has 0 heterocycles. The van der Waals surface area contributed by atoms with Crippen LogP contribution >= 0.6 is 0 Å². The van der Waals surface area contributed by atoms with Gasteiger partial charge in [-0.15, -0.1) is 0 Å². The van der Waals surface area contributed by atoms with E-state index in [-0.39, 0.29) is 17.7 Å². The average Bonchev–Trinajstić information content (AvgIpc) is 2.93. The highest BCUT2D eigenvalue weighted by Gasteiger charge is 2.45. The molecule has 1 aliphatic carbocycles. The minimum Gasteiger partial charge on any atom is -0.394 e. The van der Waals surface area contributed by atoms with Crippen LogP contribution in [0, 0.1) is 5.92 Å². The van der Waals surface area contributed by atoms with Gasteiger partial charge in [-0.25, -0.2) is 0 Å². The van der Waals surface area contributed by atoms with Crippen LogP contribution in [0.15, 0.2) is 0 Å². The topological polar surface area (TPSA) is 41.5 Å². The second-order valence-corrected chi connectivity index (χ2v) is 6.29. The fourth-order valence-electron chi connectivity index (χ4n) is 2.05. The van der Waals surface area contributed by atoms with Gasteiger partial charge in [0.15, 0.2) is 0 Å². The molecule has 0 radical (unpaired) electrons. The standard InChI is InChI=1S/C13H27NO2/c1-10(2)14-13(8-15,11-6-7-11)9-16-12(3,4)5/h10-11,14-15H,6-9H2,1-5H3. The van der Waals surface area contributed by atoms with E-state index in [2.05, 4.69) is 39.9 Å². The third-order valence-corrected chi connectivity index (χ3v) is 2.98. The summed E-state index contributed by atoms with van der Waals surface area (Å²) in [5, 5.41) is 13.2. The normalized spacial score (nSPS) is 21.2. The van der Waals surface area contributed by atoms with Gasteiger partial charge in [0.2, 0.25) is 0 Å². The van der Waals surface area contributed by atoms with Crippen LogP contribution in [0.5, 0.6) is 0 Å². The molecule has 3 heteroatoms. The van der Waals surface area contributed by atoms with Crippen LogP contribution in [-0.2, 0) is 4.74 Å². The number of aliphatic hydroxyl groups excluding tert-OH is 1. The first-order valence-electron chi connectivity index (χ1n) is 6.31. The Morgan fingerprint density at radius 1 is 1.31 bits per heavy atom. The lowest BCUT2D eigenvalue weighted by atomic mass is 9.93. The molecule has 3 nitrogen and oxygen atoms in total. The van der Waals surface area contributed by atoms with Gasteiger partial charge in [0.05, 0.1) is 24.4 Å². The minimum atomic E-state index is -0.235. The summed E-state index contributed by atoms with van der Waals surface area (Å²) in [6.07, 6.45) is 2.40. The van der Waals surface area contributed by atoms with Crippen LogP contribution in [0.2, 0.25) is 0 Å². The molecule has 96 valence electrons. The lowest BCUT2D eigenvalue weighted by Gasteiger charge is -2.37. The number of hydrogen-bond donors (Lipinski definition) is 2. The van der Waals surface area contributed by atoms with Gasteiger partial charge in [0.25, 0.3) is 0 Å². The van der Waals surface area contributed by atoms with Crippen molar-refractivity contribution in [1.29, 1.82) is 0 Å². The van der Waals surface area contributed by atoms with E-state index in [0.717, 1.165) is 0 Å². The van der Waals surface area contributed by atoms with Crippen molar-refractivity contribution in [3.63, 3.8) is 0 Å². The third-order valence-electron chi connectivity index (χ3n) is 2.98. The molecule has 1 unspecified atom stereocenters. The van der Waals surface area contributed by atoms with Gasteiger partial charge in [-0.05, 0) is 39.5 Å². The molecule has 1 saturated carbocycles. The summed E-state index contributed by atoms with van der Waals surface area (Å²) in [4.78, 5) is 0. The van der Waals surface area contributed by atoms with Gasteiger partial charge in [0.1, 0.15) is 0 Å². The van der Waals surface area contributed by atoms with E-state index < -0.39 is 0 Å². The smallest absolute Gasteiger partial charge is 0.0681 e. The number of aliphatic hydroxyl groups is 1. The van der Waals surface area contributed by atoms with Gasteiger partial charge in [0, 0.05) is 6.04 Å². The molecule has 1 fully saturated rings. The molecule has 0 spiro atoms. The Hall–Kier alpha value is -0.120. The fraction of sp³-hybridized carbons (Fsp3) is 1.00. The van der Waals surface area contributed by atoms with Crippen molar-refractivity contribution in [2.45, 2.75) is 64.6 Å². The van der Waals surface area contributed by atoms with Crippen LogP contribution in [0.4, 0.5) is 0 Å². The summed E-state index contributed by atoms with van der Waals surface area (Å²) in [7, 11) is 0. The first kappa shape index (κ1) is 13.9. The molecule has 1 aliphatic rings. The monoisotopic (exact) mass is 229 g/mol. The average molecular weight is 229 g/mol. The third kappa shape index (κ3) is 4.04. The zero-order valence-electron chi connectivity index (χ0n) is 11.3. The Morgan fingerprint density at radius 2 is 1.88 bits per heavy atom. The Kier molecular flexibility index (Phi) is 4.38. The molecule has 0 aliphatic heterocycles. The minimum absolute atomic E-state index is 0.145. The molecule has 0 aromatic rings. The second-order valence-electron chi connectivity index (χ2n) is 6.29. The summed E-state index contributed by atoms with van der Waals surface area (Å²) in [5.41, 5.74) is -0.380. The van der Waals surface area contributed by atoms with E-state index in [4.69, 9.17) is 4.74 Å². The van der Waals surface area contributed by atoms with Gasteiger partial charge in [-0.3, -0.25) is 0 Å². The first-order chi connectivity index (χ1) is 7.29. The van der Waals surface area contributed by atoms with E-state index in [1.165, 1.54) is 12.8 Å². The van der Waals surface area contributed by atoms with Crippen LogP contribution in [0.1, 0.15) is 47.5 Å². The van der Waals surface area contributed by atoms with Crippen molar-refractivity contribution in [2.24, 2.45) is 5.92 Å². The Balaban J connectivity index is 2.62. The van der Waals surface area contributed by atoms with Crippen molar-refractivity contribution in [3.8, 4) is 0 Å². The van der Waals surface area contributed by atoms with Gasteiger partial charge < -0.3 is 15.2 Å².